The van der Waals surface area contributed by atoms with Crippen molar-refractivity contribution in [1.82, 2.24) is 5.32 Å². The number of hydrogen-bond acceptors (Lipinski definition) is 3. The molecule has 94 valence electrons. The number of nitrogens with one attached hydrogen (secondary N) is 1. The minimum absolute atomic E-state index is 0.257. The molecule has 0 radical (unpaired) electrons. The van der Waals surface area contributed by atoms with E-state index in [9.17, 15) is 8.78 Å². The lowest BCUT2D eigenvalue weighted by Crippen LogP contribution is -2.43. The standard InChI is InChI=1S/C12H16F2N2O/c1-9-2-3-11(17-12(13)14)10(8-9)16-6-4-15-5-7-16/h2-3,8,12,15H,4-7H2,1H3. The maximum atomic E-state index is 12.3. The molecule has 0 aromatic heterocycles. The number of rotatable bonds is 3. The van der Waals surface area contributed by atoms with Gasteiger partial charge in [0.15, 0.2) is 0 Å². The molecule has 1 fully saturated rings. The van der Waals surface area contributed by atoms with Crippen LogP contribution in [0.4, 0.5) is 14.5 Å². The van der Waals surface area contributed by atoms with Gasteiger partial charge in [-0.2, -0.15) is 8.78 Å². The van der Waals surface area contributed by atoms with Crippen LogP contribution in [0.3, 0.4) is 0 Å². The molecule has 0 unspecified atom stereocenters. The van der Waals surface area contributed by atoms with Crippen LogP contribution in [0.15, 0.2) is 18.2 Å². The van der Waals surface area contributed by atoms with Gasteiger partial charge < -0.3 is 15.0 Å². The van der Waals surface area contributed by atoms with Gasteiger partial charge in [0.1, 0.15) is 5.75 Å². The average Bonchev–Trinajstić information content (AvgIpc) is 2.32. The van der Waals surface area contributed by atoms with Gasteiger partial charge in [-0.1, -0.05) is 6.07 Å². The van der Waals surface area contributed by atoms with Gasteiger partial charge in [-0.25, -0.2) is 0 Å². The molecule has 0 spiro atoms. The molecule has 1 N–H and O–H groups in total. The van der Waals surface area contributed by atoms with Crippen molar-refractivity contribution in [3.63, 3.8) is 0 Å². The van der Waals surface area contributed by atoms with Crippen LogP contribution in [-0.2, 0) is 0 Å². The van der Waals surface area contributed by atoms with E-state index in [0.717, 1.165) is 37.4 Å². The van der Waals surface area contributed by atoms with Gasteiger partial charge in [-0.15, -0.1) is 0 Å². The highest BCUT2D eigenvalue weighted by Gasteiger charge is 2.17. The van der Waals surface area contributed by atoms with E-state index in [0.29, 0.717) is 0 Å². The van der Waals surface area contributed by atoms with Gasteiger partial charge in [0.2, 0.25) is 0 Å². The van der Waals surface area contributed by atoms with E-state index in [1.807, 2.05) is 13.0 Å². The largest absolute Gasteiger partial charge is 0.433 e. The van der Waals surface area contributed by atoms with Crippen LogP contribution in [0.5, 0.6) is 5.75 Å². The van der Waals surface area contributed by atoms with Crippen molar-refractivity contribution < 1.29 is 13.5 Å². The van der Waals surface area contributed by atoms with Crippen molar-refractivity contribution >= 4 is 5.69 Å². The second-order valence-corrected chi connectivity index (χ2v) is 4.09. The summed E-state index contributed by atoms with van der Waals surface area (Å²) in [5.41, 5.74) is 1.80. The number of benzene rings is 1. The molecule has 2 rings (SSSR count). The van der Waals surface area contributed by atoms with E-state index < -0.39 is 6.61 Å². The molecule has 0 amide bonds. The molecule has 0 saturated carbocycles. The summed E-state index contributed by atoms with van der Waals surface area (Å²) in [5.74, 6) is 0.257. The Bertz CT molecular complexity index is 379. The van der Waals surface area contributed by atoms with E-state index in [2.05, 4.69) is 15.0 Å². The summed E-state index contributed by atoms with van der Waals surface area (Å²) >= 11 is 0. The maximum absolute atomic E-state index is 12.3. The SMILES string of the molecule is Cc1ccc(OC(F)F)c(N2CCNCC2)c1. The zero-order valence-corrected chi connectivity index (χ0v) is 9.75. The highest BCUT2D eigenvalue weighted by atomic mass is 19.3. The van der Waals surface area contributed by atoms with Gasteiger partial charge >= 0.3 is 6.61 Å². The second-order valence-electron chi connectivity index (χ2n) is 4.09. The lowest BCUT2D eigenvalue weighted by molar-refractivity contribution is -0.0495. The molecule has 1 aromatic carbocycles. The van der Waals surface area contributed by atoms with Crippen LogP contribution in [0.25, 0.3) is 0 Å². The molecule has 0 atom stereocenters. The van der Waals surface area contributed by atoms with Crippen molar-refractivity contribution in [2.75, 3.05) is 31.1 Å². The highest BCUT2D eigenvalue weighted by molar-refractivity contribution is 5.60. The monoisotopic (exact) mass is 242 g/mol. The van der Waals surface area contributed by atoms with Crippen LogP contribution in [0, 0.1) is 6.92 Å². The Morgan fingerprint density at radius 1 is 1.29 bits per heavy atom. The Morgan fingerprint density at radius 2 is 2.00 bits per heavy atom. The summed E-state index contributed by atoms with van der Waals surface area (Å²) in [6.07, 6.45) is 0. The number of hydrogen-bond donors (Lipinski definition) is 1. The molecule has 1 saturated heterocycles. The molecule has 0 bridgehead atoms. The average molecular weight is 242 g/mol. The van der Waals surface area contributed by atoms with Crippen LogP contribution in [0.2, 0.25) is 0 Å². The molecule has 17 heavy (non-hydrogen) atoms. The molecule has 1 heterocycles. The first-order chi connectivity index (χ1) is 8.16. The first-order valence-corrected chi connectivity index (χ1v) is 5.68. The molecule has 1 aliphatic rings. The number of ether oxygens (including phenoxy) is 1. The van der Waals surface area contributed by atoms with Gasteiger partial charge in [0, 0.05) is 26.2 Å². The molecule has 1 aliphatic heterocycles. The number of piperazine rings is 1. The normalized spacial score (nSPS) is 16.4. The van der Waals surface area contributed by atoms with Crippen LogP contribution in [0.1, 0.15) is 5.56 Å². The summed E-state index contributed by atoms with van der Waals surface area (Å²) in [6.45, 7) is 2.51. The third-order valence-electron chi connectivity index (χ3n) is 2.79. The van der Waals surface area contributed by atoms with Crippen molar-refractivity contribution in [3.05, 3.63) is 23.8 Å². The first-order valence-electron chi connectivity index (χ1n) is 5.68. The summed E-state index contributed by atoms with van der Waals surface area (Å²) in [4.78, 5) is 2.07. The fourth-order valence-corrected chi connectivity index (χ4v) is 1.98. The van der Waals surface area contributed by atoms with E-state index in [4.69, 9.17) is 0 Å². The maximum Gasteiger partial charge on any atom is 0.387 e. The number of aryl methyl sites for hydroxylation is 1. The fourth-order valence-electron chi connectivity index (χ4n) is 1.98. The summed E-state index contributed by atoms with van der Waals surface area (Å²) in [7, 11) is 0. The molecule has 3 nitrogen and oxygen atoms in total. The smallest absolute Gasteiger partial charge is 0.387 e. The Hall–Kier alpha value is -1.36. The predicted octanol–water partition coefficient (Wildman–Crippen LogP) is 2.01. The fraction of sp³-hybridized carbons (Fsp3) is 0.500. The number of nitrogens with zero attached hydrogens (tertiary/aromatic N) is 1. The second kappa shape index (κ2) is 5.31. The molecule has 5 heteroatoms. The number of anilines is 1. The zero-order valence-electron chi connectivity index (χ0n) is 9.75. The lowest BCUT2D eigenvalue weighted by atomic mass is 10.1. The van der Waals surface area contributed by atoms with E-state index in [-0.39, 0.29) is 5.75 Å². The predicted molar refractivity (Wildman–Crippen MR) is 62.9 cm³/mol. The van der Waals surface area contributed by atoms with Crippen molar-refractivity contribution in [1.29, 1.82) is 0 Å². The summed E-state index contributed by atoms with van der Waals surface area (Å²) in [5, 5.41) is 3.23. The summed E-state index contributed by atoms with van der Waals surface area (Å²) < 4.78 is 29.2. The topological polar surface area (TPSA) is 24.5 Å². The van der Waals surface area contributed by atoms with Crippen LogP contribution >= 0.6 is 0 Å². The van der Waals surface area contributed by atoms with E-state index in [1.165, 1.54) is 0 Å². The molecule has 1 aromatic rings. The van der Waals surface area contributed by atoms with Crippen LogP contribution in [-0.4, -0.2) is 32.8 Å². The van der Waals surface area contributed by atoms with Crippen molar-refractivity contribution in [2.24, 2.45) is 0 Å². The van der Waals surface area contributed by atoms with Gasteiger partial charge in [-0.05, 0) is 24.6 Å². The Balaban J connectivity index is 2.25. The molecule has 0 aliphatic carbocycles. The first kappa shape index (κ1) is 12.1. The van der Waals surface area contributed by atoms with Crippen molar-refractivity contribution in [2.45, 2.75) is 13.5 Å². The Morgan fingerprint density at radius 3 is 2.65 bits per heavy atom. The van der Waals surface area contributed by atoms with E-state index in [1.54, 1.807) is 12.1 Å². The minimum Gasteiger partial charge on any atom is -0.433 e. The minimum atomic E-state index is -2.78. The van der Waals surface area contributed by atoms with E-state index >= 15 is 0 Å². The Kier molecular flexibility index (Phi) is 3.78. The van der Waals surface area contributed by atoms with Crippen molar-refractivity contribution in [3.8, 4) is 5.75 Å². The van der Waals surface area contributed by atoms with Gasteiger partial charge in [-0.3, -0.25) is 0 Å². The van der Waals surface area contributed by atoms with Gasteiger partial charge in [0.05, 0.1) is 5.69 Å². The zero-order chi connectivity index (χ0) is 12.3. The number of alkyl halides is 2. The van der Waals surface area contributed by atoms with Gasteiger partial charge in [0.25, 0.3) is 0 Å². The highest BCUT2D eigenvalue weighted by Crippen LogP contribution is 2.30. The third kappa shape index (κ3) is 3.06. The third-order valence-corrected chi connectivity index (χ3v) is 2.79. The molecular weight excluding hydrogens is 226 g/mol. The quantitative estimate of drug-likeness (QED) is 0.877. The Labute approximate surface area is 99.4 Å². The summed E-state index contributed by atoms with van der Waals surface area (Å²) in [6, 6.07) is 5.28. The van der Waals surface area contributed by atoms with Crippen LogP contribution < -0.4 is 15.0 Å². The molecular formula is C12H16F2N2O. The lowest BCUT2D eigenvalue weighted by Gasteiger charge is -2.31. The number of halogens is 2.